The van der Waals surface area contributed by atoms with Crippen molar-refractivity contribution in [3.05, 3.63) is 0 Å². The molecule has 0 spiro atoms. The first-order valence-corrected chi connectivity index (χ1v) is 23.8. The van der Waals surface area contributed by atoms with Crippen molar-refractivity contribution in [1.29, 1.82) is 0 Å². The molecule has 0 bridgehead atoms. The maximum atomic E-state index is 10.8. The summed E-state index contributed by atoms with van der Waals surface area (Å²) in [5.41, 5.74) is 0. The predicted octanol–water partition coefficient (Wildman–Crippen LogP) is -3.02. The zero-order chi connectivity index (χ0) is 17.6. The maximum Gasteiger partial charge on any atom is -1.00 e. The van der Waals surface area contributed by atoms with Crippen LogP contribution in [0.15, 0.2) is 0 Å². The van der Waals surface area contributed by atoms with Gasteiger partial charge >= 0.3 is 56.5 Å². The maximum absolute atomic E-state index is 10.8. The number of alkyl halides is 1. The summed E-state index contributed by atoms with van der Waals surface area (Å²) in [4.78, 5) is 28.4. The van der Waals surface area contributed by atoms with Crippen molar-refractivity contribution in [2.24, 2.45) is 0 Å². The number of carbonyl (C=O) groups is 3. The molecule has 0 atom stereocenters. The van der Waals surface area contributed by atoms with Crippen LogP contribution in [0.2, 0.25) is 0 Å². The minimum atomic E-state index is -1.25. The molecule has 0 heterocycles. The third-order valence-electron chi connectivity index (χ3n) is 0.964. The first-order valence-electron chi connectivity index (χ1n) is 4.97. The van der Waals surface area contributed by atoms with E-state index in [-0.39, 0.29) is 21.6 Å². The third-order valence-corrected chi connectivity index (χ3v) is 0.964. The van der Waals surface area contributed by atoms with Gasteiger partial charge in [0.15, 0.2) is 5.78 Å². The number of carbonyl (C=O) groups excluding carboxylic acids is 3. The first kappa shape index (κ1) is 44.1. The number of hydrogen-bond donors (Lipinski definition) is 0. The monoisotopic (exact) mass is 893 g/mol. The Hall–Kier alpha value is 2.38. The molecule has 0 saturated heterocycles. The van der Waals surface area contributed by atoms with Gasteiger partial charge in [0.1, 0.15) is 12.5 Å². The van der Waals surface area contributed by atoms with Crippen LogP contribution in [0, 0.1) is 0 Å². The second kappa shape index (κ2) is 49.5. The van der Waals surface area contributed by atoms with Gasteiger partial charge in [-0.15, -0.1) is 0 Å². The Kier molecular flexibility index (Phi) is 99.3. The quantitative estimate of drug-likeness (QED) is 0.173. The molecule has 0 N–H and O–H groups in total. The van der Waals surface area contributed by atoms with Crippen molar-refractivity contribution in [1.82, 2.24) is 0 Å². The van der Waals surface area contributed by atoms with Crippen molar-refractivity contribution in [3.63, 3.8) is 0 Å². The molecule has 0 aromatic heterocycles. The molecular formula is C10H18F4I5O3-3. The minimum absolute atomic E-state index is 0. The van der Waals surface area contributed by atoms with Gasteiger partial charge in [-0.1, -0.05) is 13.8 Å². The zero-order valence-electron chi connectivity index (χ0n) is 12.2. The van der Waals surface area contributed by atoms with Crippen molar-refractivity contribution >= 4 is 92.1 Å². The number of Topliss-reactive ketones (excluding diaryl/α,β-unsaturated/α-hetero) is 2. The van der Waals surface area contributed by atoms with Crippen molar-refractivity contribution in [3.8, 4) is 0 Å². The molecule has 0 aromatic carbocycles. The van der Waals surface area contributed by atoms with Crippen molar-refractivity contribution < 1.29 is 45.8 Å². The first-order chi connectivity index (χ1) is 9.22. The Labute approximate surface area is 182 Å². The standard InChI is InChI=1S/C4H8O.2C3H5FO.2FH.I3.I2/c1-3-4(2)5;1-3(5)2-4;1-2-3(4)5;;;1-3-2;1-2/h3H2,1-2H3;2*2H2,1H3;2*1H;;/q;;;;;-1;/p-2/i;2*4-1;2*1-1;;. The van der Waals surface area contributed by atoms with Gasteiger partial charge in [-0.3, -0.25) is 9.59 Å². The fourth-order valence-corrected chi connectivity index (χ4v) is 0. The van der Waals surface area contributed by atoms with E-state index >= 15 is 0 Å². The smallest absolute Gasteiger partial charge is 1.00 e. The van der Waals surface area contributed by atoms with Gasteiger partial charge in [0.05, 0.1) is 0 Å². The molecule has 142 valence electrons. The Bertz CT molecular complexity index is 191. The molecule has 3 nitrogen and oxygen atoms in total. The molecule has 0 aliphatic heterocycles. The molecule has 0 amide bonds. The summed E-state index contributed by atoms with van der Waals surface area (Å²) in [5, 5.41) is 0. The van der Waals surface area contributed by atoms with Gasteiger partial charge in [0.25, 0.3) is 0 Å². The van der Waals surface area contributed by atoms with Crippen LogP contribution in [-0.4, -0.2) is 24.3 Å². The van der Waals surface area contributed by atoms with E-state index in [9.17, 15) is 18.4 Å². The average Bonchev–Trinajstić information content (AvgIpc) is 2.43. The minimum Gasteiger partial charge on any atom is -1.00 e. The summed E-state index contributed by atoms with van der Waals surface area (Å²) in [6.07, 6.45) is 0.667. The van der Waals surface area contributed by atoms with Gasteiger partial charge in [-0.2, -0.15) is 4.39 Å². The summed E-state index contributed by atoms with van der Waals surface area (Å²) in [6, 6.07) is -1.25. The fourth-order valence-electron chi connectivity index (χ4n) is 0. The van der Waals surface area contributed by atoms with E-state index in [1.165, 1.54) is 13.8 Å². The summed E-state index contributed by atoms with van der Waals surface area (Å²) < 4.78 is 21.6. The normalized spacial score (nSPS) is 6.45. The molecule has 0 fully saturated rings. The second-order valence-corrected chi connectivity index (χ2v) is 18.9. The van der Waals surface area contributed by atoms with E-state index < -0.39 is 18.5 Å². The predicted molar refractivity (Wildman–Crippen MR) is 110 cm³/mol. The summed E-state index contributed by atoms with van der Waals surface area (Å²) >= 11 is 9.54. The topological polar surface area (TPSA) is 51.2 Å². The average molecular weight is 893 g/mol. The second-order valence-electron chi connectivity index (χ2n) is 2.65. The van der Waals surface area contributed by atoms with E-state index in [4.69, 9.17) is 4.79 Å². The summed E-state index contributed by atoms with van der Waals surface area (Å²) in [5.74, 6) is -0.157. The Morgan fingerprint density at radius 2 is 1.05 bits per heavy atom. The zero-order valence-corrected chi connectivity index (χ0v) is 23.0. The van der Waals surface area contributed by atoms with Crippen LogP contribution in [0.5, 0.6) is 0 Å². The van der Waals surface area contributed by atoms with Crippen LogP contribution in [0.1, 0.15) is 40.5 Å². The third kappa shape index (κ3) is 146. The molecule has 0 rings (SSSR count). The van der Waals surface area contributed by atoms with E-state index in [0.717, 1.165) is 0 Å². The Balaban J connectivity index is -0.0000000258. The molecule has 22 heavy (non-hydrogen) atoms. The van der Waals surface area contributed by atoms with Crippen LogP contribution in [0.25, 0.3) is 0 Å². The van der Waals surface area contributed by atoms with Crippen LogP contribution >= 0.6 is 74.5 Å². The van der Waals surface area contributed by atoms with Crippen molar-refractivity contribution in [2.75, 3.05) is 6.67 Å². The number of hydrogen-bond acceptors (Lipinski definition) is 3. The Morgan fingerprint density at radius 1 is 0.909 bits per heavy atom. The number of ketones is 2. The van der Waals surface area contributed by atoms with Gasteiger partial charge in [-0.05, 0) is 13.8 Å². The van der Waals surface area contributed by atoms with Gasteiger partial charge < -0.3 is 14.2 Å². The Morgan fingerprint density at radius 3 is 1.05 bits per heavy atom. The molecule has 0 aromatic rings. The number of rotatable bonds is 3. The van der Waals surface area contributed by atoms with E-state index in [1.807, 2.05) is 6.92 Å². The molecule has 12 heteroatoms. The van der Waals surface area contributed by atoms with Crippen molar-refractivity contribution in [2.45, 2.75) is 40.5 Å². The molecule has 0 saturated carbocycles. The van der Waals surface area contributed by atoms with Gasteiger partial charge in [-0.25, -0.2) is 4.39 Å². The summed E-state index contributed by atoms with van der Waals surface area (Å²) in [7, 11) is 0. The van der Waals surface area contributed by atoms with Gasteiger partial charge in [0.2, 0.25) is 0 Å². The van der Waals surface area contributed by atoms with E-state index in [1.54, 1.807) is 6.92 Å². The molecule has 0 aliphatic rings. The van der Waals surface area contributed by atoms with E-state index in [0.29, 0.717) is 19.7 Å². The molecule has 0 unspecified atom stereocenters. The van der Waals surface area contributed by atoms with Crippen LogP contribution in [-0.2, 0) is 14.4 Å². The SMILES string of the molecule is CC(=O)C[18F].CCC(=O)[18F].CCC(C)=O.II.I[I-]I.[18F-].[18F-]. The fraction of sp³-hybridized carbons (Fsp3) is 0.700. The molecule has 0 radical (unpaired) electrons. The summed E-state index contributed by atoms with van der Waals surface area (Å²) in [6.45, 7) is 5.28. The largest absolute Gasteiger partial charge is 1.00 e. The van der Waals surface area contributed by atoms with Gasteiger partial charge in [0, 0.05) is 50.1 Å². The van der Waals surface area contributed by atoms with Crippen LogP contribution in [0.3, 0.4) is 0 Å². The van der Waals surface area contributed by atoms with E-state index in [2.05, 4.69) is 74.5 Å². The van der Waals surface area contributed by atoms with Crippen LogP contribution in [0.4, 0.5) is 8.78 Å². The molecule has 0 aliphatic carbocycles. The number of halogens is 9. The van der Waals surface area contributed by atoms with Crippen LogP contribution < -0.4 is 22.7 Å². The molecular weight excluding hydrogens is 875 g/mol.